The van der Waals surface area contributed by atoms with Crippen LogP contribution in [0.4, 0.5) is 5.95 Å². The Hall–Kier alpha value is -1.16. The third-order valence-corrected chi connectivity index (χ3v) is 3.38. The number of aromatic nitrogens is 2. The zero-order valence-electron chi connectivity index (χ0n) is 11.7. The quantitative estimate of drug-likeness (QED) is 0.887. The average molecular weight is 248 g/mol. The maximum Gasteiger partial charge on any atom is 0.225 e. The van der Waals surface area contributed by atoms with Gasteiger partial charge in [-0.25, -0.2) is 9.97 Å². The van der Waals surface area contributed by atoms with Crippen molar-refractivity contribution in [3.63, 3.8) is 0 Å². The van der Waals surface area contributed by atoms with Crippen LogP contribution in [0.2, 0.25) is 0 Å². The number of nitrogens with zero attached hydrogens (tertiary/aromatic N) is 3. The van der Waals surface area contributed by atoms with Crippen molar-refractivity contribution in [1.29, 1.82) is 0 Å². The molecule has 0 bridgehead atoms. The van der Waals surface area contributed by atoms with Crippen molar-refractivity contribution in [2.45, 2.75) is 52.6 Å². The minimum Gasteiger partial charge on any atom is -0.341 e. The van der Waals surface area contributed by atoms with Crippen molar-refractivity contribution < 1.29 is 0 Å². The second kappa shape index (κ2) is 6.14. The second-order valence-corrected chi connectivity index (χ2v) is 5.38. The van der Waals surface area contributed by atoms with Gasteiger partial charge in [-0.15, -0.1) is 0 Å². The Morgan fingerprint density at radius 3 is 2.67 bits per heavy atom. The van der Waals surface area contributed by atoms with Crippen LogP contribution < -0.4 is 10.2 Å². The van der Waals surface area contributed by atoms with Gasteiger partial charge in [0, 0.05) is 31.9 Å². The third kappa shape index (κ3) is 3.42. The molecule has 0 radical (unpaired) electrons. The topological polar surface area (TPSA) is 41.1 Å². The van der Waals surface area contributed by atoms with E-state index in [1.54, 1.807) is 0 Å². The van der Waals surface area contributed by atoms with Gasteiger partial charge < -0.3 is 10.2 Å². The molecule has 1 saturated heterocycles. The fourth-order valence-electron chi connectivity index (χ4n) is 2.19. The molecule has 0 aromatic carbocycles. The molecule has 1 aliphatic rings. The van der Waals surface area contributed by atoms with Gasteiger partial charge in [0.2, 0.25) is 5.95 Å². The van der Waals surface area contributed by atoms with Crippen LogP contribution >= 0.6 is 0 Å². The van der Waals surface area contributed by atoms with E-state index in [-0.39, 0.29) is 0 Å². The molecule has 0 aliphatic carbocycles. The van der Waals surface area contributed by atoms with Gasteiger partial charge in [0.1, 0.15) is 0 Å². The molecule has 100 valence electrons. The summed E-state index contributed by atoms with van der Waals surface area (Å²) in [5.74, 6) is 0.904. The van der Waals surface area contributed by atoms with Crippen molar-refractivity contribution in [2.24, 2.45) is 0 Å². The molecule has 0 spiro atoms. The lowest BCUT2D eigenvalue weighted by Crippen LogP contribution is -2.31. The minimum absolute atomic E-state index is 0.484. The number of hydrogen-bond acceptors (Lipinski definition) is 4. The fourth-order valence-corrected chi connectivity index (χ4v) is 2.19. The number of anilines is 1. The summed E-state index contributed by atoms with van der Waals surface area (Å²) in [6.07, 6.45) is 5.81. The molecule has 0 saturated carbocycles. The van der Waals surface area contributed by atoms with Gasteiger partial charge in [-0.1, -0.05) is 13.8 Å². The molecule has 2 heterocycles. The molecular weight excluding hydrogens is 224 g/mol. The lowest BCUT2D eigenvalue weighted by atomic mass is 10.1. The molecule has 18 heavy (non-hydrogen) atoms. The SMILES string of the molecule is Cc1cnc(N2CCCCC2)nc1CNC(C)C. The van der Waals surface area contributed by atoms with Crippen LogP contribution in [0.5, 0.6) is 0 Å². The van der Waals surface area contributed by atoms with Gasteiger partial charge >= 0.3 is 0 Å². The molecule has 4 heteroatoms. The van der Waals surface area contributed by atoms with Crippen LogP contribution in [-0.2, 0) is 6.54 Å². The van der Waals surface area contributed by atoms with E-state index in [0.717, 1.165) is 31.3 Å². The summed E-state index contributed by atoms with van der Waals surface area (Å²) >= 11 is 0. The predicted octanol–water partition coefficient (Wildman–Crippen LogP) is 2.27. The molecule has 1 fully saturated rings. The molecule has 1 aromatic rings. The maximum absolute atomic E-state index is 4.72. The van der Waals surface area contributed by atoms with Crippen LogP contribution in [0.15, 0.2) is 6.20 Å². The summed E-state index contributed by atoms with van der Waals surface area (Å²) in [4.78, 5) is 11.5. The van der Waals surface area contributed by atoms with E-state index < -0.39 is 0 Å². The molecule has 0 unspecified atom stereocenters. The zero-order chi connectivity index (χ0) is 13.0. The molecule has 0 amide bonds. The van der Waals surface area contributed by atoms with E-state index in [2.05, 4.69) is 36.0 Å². The van der Waals surface area contributed by atoms with Crippen molar-refractivity contribution in [2.75, 3.05) is 18.0 Å². The summed E-state index contributed by atoms with van der Waals surface area (Å²) in [6.45, 7) is 9.41. The molecule has 1 N–H and O–H groups in total. The van der Waals surface area contributed by atoms with Gasteiger partial charge in [-0.2, -0.15) is 0 Å². The first-order valence-corrected chi connectivity index (χ1v) is 6.97. The Bertz CT molecular complexity index is 383. The highest BCUT2D eigenvalue weighted by molar-refractivity contribution is 5.33. The molecule has 1 aromatic heterocycles. The number of hydrogen-bond donors (Lipinski definition) is 1. The van der Waals surface area contributed by atoms with Crippen LogP contribution in [0.25, 0.3) is 0 Å². The predicted molar refractivity (Wildman–Crippen MR) is 74.8 cm³/mol. The minimum atomic E-state index is 0.484. The first kappa shape index (κ1) is 13.3. The molecular formula is C14H24N4. The fraction of sp³-hybridized carbons (Fsp3) is 0.714. The lowest BCUT2D eigenvalue weighted by Gasteiger charge is -2.27. The van der Waals surface area contributed by atoms with Gasteiger partial charge in [0.05, 0.1) is 5.69 Å². The highest BCUT2D eigenvalue weighted by atomic mass is 15.3. The van der Waals surface area contributed by atoms with Crippen LogP contribution in [0, 0.1) is 6.92 Å². The highest BCUT2D eigenvalue weighted by Crippen LogP contribution is 2.16. The Balaban J connectivity index is 2.09. The van der Waals surface area contributed by atoms with Gasteiger partial charge in [0.25, 0.3) is 0 Å². The van der Waals surface area contributed by atoms with Gasteiger partial charge in [-0.05, 0) is 31.7 Å². The lowest BCUT2D eigenvalue weighted by molar-refractivity contribution is 0.559. The normalized spacial score (nSPS) is 16.3. The Kier molecular flexibility index (Phi) is 4.53. The summed E-state index contributed by atoms with van der Waals surface area (Å²) in [5.41, 5.74) is 2.29. The van der Waals surface area contributed by atoms with Crippen LogP contribution in [0.1, 0.15) is 44.4 Å². The van der Waals surface area contributed by atoms with Crippen molar-refractivity contribution in [3.8, 4) is 0 Å². The Morgan fingerprint density at radius 2 is 2.00 bits per heavy atom. The molecule has 0 atom stereocenters. The standard InChI is InChI=1S/C14H24N4/c1-11(2)15-10-13-12(3)9-16-14(17-13)18-7-5-4-6-8-18/h9,11,15H,4-8,10H2,1-3H3. The van der Waals surface area contributed by atoms with E-state index in [1.807, 2.05) is 6.20 Å². The first-order chi connectivity index (χ1) is 8.66. The highest BCUT2D eigenvalue weighted by Gasteiger charge is 2.14. The van der Waals surface area contributed by atoms with E-state index in [1.165, 1.54) is 24.8 Å². The molecule has 1 aliphatic heterocycles. The van der Waals surface area contributed by atoms with Gasteiger partial charge in [0.15, 0.2) is 0 Å². The van der Waals surface area contributed by atoms with E-state index in [9.17, 15) is 0 Å². The number of piperidine rings is 1. The zero-order valence-corrected chi connectivity index (χ0v) is 11.7. The monoisotopic (exact) mass is 248 g/mol. The summed E-state index contributed by atoms with van der Waals surface area (Å²) in [6, 6.07) is 0.484. The van der Waals surface area contributed by atoms with E-state index in [0.29, 0.717) is 6.04 Å². The van der Waals surface area contributed by atoms with Crippen molar-refractivity contribution in [3.05, 3.63) is 17.5 Å². The van der Waals surface area contributed by atoms with E-state index >= 15 is 0 Å². The summed E-state index contributed by atoms with van der Waals surface area (Å²) in [7, 11) is 0. The van der Waals surface area contributed by atoms with Crippen molar-refractivity contribution >= 4 is 5.95 Å². The van der Waals surface area contributed by atoms with Crippen LogP contribution in [-0.4, -0.2) is 29.1 Å². The largest absolute Gasteiger partial charge is 0.341 e. The number of aryl methyl sites for hydroxylation is 1. The number of nitrogens with one attached hydrogen (secondary N) is 1. The maximum atomic E-state index is 4.72. The third-order valence-electron chi connectivity index (χ3n) is 3.38. The first-order valence-electron chi connectivity index (χ1n) is 6.97. The van der Waals surface area contributed by atoms with E-state index in [4.69, 9.17) is 4.98 Å². The van der Waals surface area contributed by atoms with Crippen molar-refractivity contribution in [1.82, 2.24) is 15.3 Å². The van der Waals surface area contributed by atoms with Gasteiger partial charge in [-0.3, -0.25) is 0 Å². The Morgan fingerprint density at radius 1 is 1.28 bits per heavy atom. The number of rotatable bonds is 4. The smallest absolute Gasteiger partial charge is 0.225 e. The summed E-state index contributed by atoms with van der Waals surface area (Å²) < 4.78 is 0. The second-order valence-electron chi connectivity index (χ2n) is 5.38. The van der Waals surface area contributed by atoms with Crippen LogP contribution in [0.3, 0.4) is 0 Å². The average Bonchev–Trinajstić information content (AvgIpc) is 2.38. The molecule has 2 rings (SSSR count). The summed E-state index contributed by atoms with van der Waals surface area (Å²) in [5, 5.41) is 3.42. The molecule has 4 nitrogen and oxygen atoms in total. The Labute approximate surface area is 110 Å².